The summed E-state index contributed by atoms with van der Waals surface area (Å²) in [5.74, 6) is 1.47. The van der Waals surface area contributed by atoms with Crippen LogP contribution in [0, 0.1) is 0 Å². The maximum atomic E-state index is 12.8. The molecule has 0 bridgehead atoms. The first-order chi connectivity index (χ1) is 13.1. The summed E-state index contributed by atoms with van der Waals surface area (Å²) in [7, 11) is 0. The van der Waals surface area contributed by atoms with Gasteiger partial charge in [0, 0.05) is 40.8 Å². The van der Waals surface area contributed by atoms with Crippen LogP contribution in [0.3, 0.4) is 0 Å². The van der Waals surface area contributed by atoms with E-state index in [1.54, 1.807) is 11.3 Å². The molecule has 0 radical (unpaired) electrons. The van der Waals surface area contributed by atoms with Crippen molar-refractivity contribution in [1.82, 2.24) is 9.55 Å². The average Bonchev–Trinajstić information content (AvgIpc) is 3.28. The van der Waals surface area contributed by atoms with Gasteiger partial charge >= 0.3 is 0 Å². The quantitative estimate of drug-likeness (QED) is 0.658. The third-order valence-corrected chi connectivity index (χ3v) is 6.20. The number of aromatic nitrogens is 2. The number of amides is 1. The van der Waals surface area contributed by atoms with Gasteiger partial charge in [-0.15, -0.1) is 11.3 Å². The summed E-state index contributed by atoms with van der Waals surface area (Å²) in [6.07, 6.45) is 8.43. The first-order valence-corrected chi connectivity index (χ1v) is 10.5. The first-order valence-electron chi connectivity index (χ1n) is 9.62. The van der Waals surface area contributed by atoms with Crippen molar-refractivity contribution < 1.29 is 4.79 Å². The van der Waals surface area contributed by atoms with E-state index in [1.165, 1.54) is 23.3 Å². The highest BCUT2D eigenvalue weighted by atomic mass is 32.1. The summed E-state index contributed by atoms with van der Waals surface area (Å²) in [4.78, 5) is 18.6. The zero-order chi connectivity index (χ0) is 18.8. The maximum absolute atomic E-state index is 12.8. The van der Waals surface area contributed by atoms with Gasteiger partial charge in [0.15, 0.2) is 0 Å². The molecule has 0 unspecified atom stereocenters. The predicted octanol–water partition coefficient (Wildman–Crippen LogP) is 5.25. The molecule has 1 aliphatic rings. The van der Waals surface area contributed by atoms with E-state index in [-0.39, 0.29) is 5.91 Å². The molecule has 0 aliphatic heterocycles. The number of nitrogens with zero attached hydrogens (tertiary/aromatic N) is 2. The normalized spacial score (nSPS) is 13.6. The molecule has 1 N–H and O–H groups in total. The molecule has 4 rings (SSSR count). The standard InChI is InChI=1S/C22H25N3OS/c1-15(2)21-23-10-11-25(21)13-16-6-5-7-17(12-16)24-22(26)19-14-27-20-9-4-3-8-18(19)20/h5-7,10-12,14-15H,3-4,8-9,13H2,1-2H3,(H,24,26). The third kappa shape index (κ3) is 3.83. The molecule has 27 heavy (non-hydrogen) atoms. The van der Waals surface area contributed by atoms with Crippen LogP contribution < -0.4 is 5.32 Å². The van der Waals surface area contributed by atoms with E-state index in [9.17, 15) is 4.79 Å². The van der Waals surface area contributed by atoms with Crippen LogP contribution in [0.15, 0.2) is 42.0 Å². The number of thiophene rings is 1. The molecule has 0 spiro atoms. The number of hydrogen-bond acceptors (Lipinski definition) is 3. The Hall–Kier alpha value is -2.40. The number of anilines is 1. The highest BCUT2D eigenvalue weighted by Gasteiger charge is 2.20. The second-order valence-corrected chi connectivity index (χ2v) is 8.44. The lowest BCUT2D eigenvalue weighted by Gasteiger charge is -2.14. The summed E-state index contributed by atoms with van der Waals surface area (Å²) in [6, 6.07) is 8.10. The van der Waals surface area contributed by atoms with Crippen LogP contribution in [0.2, 0.25) is 0 Å². The van der Waals surface area contributed by atoms with Gasteiger partial charge in [-0.05, 0) is 48.9 Å². The molecule has 0 fully saturated rings. The minimum absolute atomic E-state index is 0.0112. The van der Waals surface area contributed by atoms with Gasteiger partial charge in [0.2, 0.25) is 0 Å². The fourth-order valence-corrected chi connectivity index (χ4v) is 4.91. The Balaban J connectivity index is 1.50. The van der Waals surface area contributed by atoms with Crippen molar-refractivity contribution in [3.05, 3.63) is 69.4 Å². The maximum Gasteiger partial charge on any atom is 0.256 e. The van der Waals surface area contributed by atoms with Gasteiger partial charge in [0.25, 0.3) is 5.91 Å². The molecule has 0 saturated heterocycles. The molecule has 140 valence electrons. The first kappa shape index (κ1) is 18.0. The zero-order valence-electron chi connectivity index (χ0n) is 15.9. The van der Waals surface area contributed by atoms with Gasteiger partial charge in [-0.2, -0.15) is 0 Å². The minimum atomic E-state index is 0.0112. The summed E-state index contributed by atoms with van der Waals surface area (Å²) in [6.45, 7) is 5.05. The monoisotopic (exact) mass is 379 g/mol. The highest BCUT2D eigenvalue weighted by Crippen LogP contribution is 2.30. The number of carbonyl (C=O) groups excluding carboxylic acids is 1. The van der Waals surface area contributed by atoms with Crippen molar-refractivity contribution in [3.8, 4) is 0 Å². The molecule has 5 heteroatoms. The Morgan fingerprint density at radius 1 is 1.30 bits per heavy atom. The lowest BCUT2D eigenvalue weighted by atomic mass is 9.95. The molecule has 2 heterocycles. The minimum Gasteiger partial charge on any atom is -0.330 e. The number of fused-ring (bicyclic) bond motifs is 1. The van der Waals surface area contributed by atoms with E-state index < -0.39 is 0 Å². The van der Waals surface area contributed by atoms with E-state index in [0.29, 0.717) is 5.92 Å². The van der Waals surface area contributed by atoms with E-state index in [2.05, 4.69) is 40.8 Å². The Morgan fingerprint density at radius 3 is 3.00 bits per heavy atom. The largest absolute Gasteiger partial charge is 0.330 e. The zero-order valence-corrected chi connectivity index (χ0v) is 16.7. The smallest absolute Gasteiger partial charge is 0.256 e. The molecule has 1 amide bonds. The van der Waals surface area contributed by atoms with Crippen LogP contribution in [0.25, 0.3) is 0 Å². The Kier molecular flexibility index (Phi) is 5.12. The number of benzene rings is 1. The molecule has 1 aliphatic carbocycles. The van der Waals surface area contributed by atoms with Crippen LogP contribution in [0.4, 0.5) is 5.69 Å². The Labute approximate surface area is 164 Å². The van der Waals surface area contributed by atoms with E-state index in [0.717, 1.165) is 42.0 Å². The van der Waals surface area contributed by atoms with Crippen LogP contribution in [0.1, 0.15) is 64.8 Å². The molecule has 3 aromatic rings. The van der Waals surface area contributed by atoms with Gasteiger partial charge in [-0.1, -0.05) is 26.0 Å². The number of rotatable bonds is 5. The number of nitrogens with one attached hydrogen (secondary N) is 1. The van der Waals surface area contributed by atoms with Crippen molar-refractivity contribution in [2.45, 2.75) is 52.0 Å². The topological polar surface area (TPSA) is 46.9 Å². The Bertz CT molecular complexity index is 954. The van der Waals surface area contributed by atoms with Crippen LogP contribution in [-0.4, -0.2) is 15.5 Å². The summed E-state index contributed by atoms with van der Waals surface area (Å²) in [5.41, 5.74) is 4.12. The SMILES string of the molecule is CC(C)c1nccn1Cc1cccc(NC(=O)c2csc3c2CCCC3)c1. The second-order valence-electron chi connectivity index (χ2n) is 7.48. The van der Waals surface area contributed by atoms with Gasteiger partial charge < -0.3 is 9.88 Å². The lowest BCUT2D eigenvalue weighted by molar-refractivity contribution is 0.102. The van der Waals surface area contributed by atoms with Crippen LogP contribution >= 0.6 is 11.3 Å². The van der Waals surface area contributed by atoms with E-state index in [1.807, 2.05) is 29.9 Å². The highest BCUT2D eigenvalue weighted by molar-refractivity contribution is 7.10. The lowest BCUT2D eigenvalue weighted by Crippen LogP contribution is -2.15. The third-order valence-electron chi connectivity index (χ3n) is 5.11. The summed E-state index contributed by atoms with van der Waals surface area (Å²) < 4.78 is 2.17. The molecule has 1 aromatic carbocycles. The van der Waals surface area contributed by atoms with Crippen molar-refractivity contribution in [3.63, 3.8) is 0 Å². The number of hydrogen-bond donors (Lipinski definition) is 1. The molecule has 4 nitrogen and oxygen atoms in total. The fourth-order valence-electron chi connectivity index (χ4n) is 3.78. The molecular weight excluding hydrogens is 354 g/mol. The fraction of sp³-hybridized carbons (Fsp3) is 0.364. The van der Waals surface area contributed by atoms with E-state index in [4.69, 9.17) is 0 Å². The van der Waals surface area contributed by atoms with Crippen molar-refractivity contribution in [2.24, 2.45) is 0 Å². The van der Waals surface area contributed by atoms with Gasteiger partial charge in [-0.3, -0.25) is 4.79 Å². The molecular formula is C22H25N3OS. The average molecular weight is 380 g/mol. The molecule has 2 aromatic heterocycles. The van der Waals surface area contributed by atoms with Crippen molar-refractivity contribution >= 4 is 22.9 Å². The molecule has 0 atom stereocenters. The summed E-state index contributed by atoms with van der Waals surface area (Å²) in [5, 5.41) is 5.12. The van der Waals surface area contributed by atoms with Crippen LogP contribution in [0.5, 0.6) is 0 Å². The van der Waals surface area contributed by atoms with Gasteiger partial charge in [-0.25, -0.2) is 4.98 Å². The molecule has 0 saturated carbocycles. The number of aryl methyl sites for hydroxylation is 1. The second kappa shape index (κ2) is 7.69. The summed E-state index contributed by atoms with van der Waals surface area (Å²) >= 11 is 1.73. The van der Waals surface area contributed by atoms with Gasteiger partial charge in [0.1, 0.15) is 5.82 Å². The van der Waals surface area contributed by atoms with Gasteiger partial charge in [0.05, 0.1) is 5.56 Å². The number of carbonyl (C=O) groups is 1. The predicted molar refractivity (Wildman–Crippen MR) is 111 cm³/mol. The number of imidazole rings is 1. The van der Waals surface area contributed by atoms with Crippen molar-refractivity contribution in [2.75, 3.05) is 5.32 Å². The van der Waals surface area contributed by atoms with E-state index >= 15 is 0 Å². The Morgan fingerprint density at radius 2 is 2.15 bits per heavy atom. The van der Waals surface area contributed by atoms with Crippen LogP contribution in [-0.2, 0) is 19.4 Å². The van der Waals surface area contributed by atoms with Crippen molar-refractivity contribution in [1.29, 1.82) is 0 Å².